The Bertz CT molecular complexity index is 810. The number of hydrogen-bond acceptors (Lipinski definition) is 6. The van der Waals surface area contributed by atoms with Gasteiger partial charge < -0.3 is 4.74 Å². The van der Waals surface area contributed by atoms with Crippen LogP contribution in [0.4, 0.5) is 5.69 Å². The number of nitrogens with one attached hydrogen (secondary N) is 1. The van der Waals surface area contributed by atoms with E-state index in [0.717, 1.165) is 0 Å². The Kier molecular flexibility index (Phi) is 5.58. The number of carbonyl (C=O) groups excluding carboxylic acids is 1. The lowest BCUT2D eigenvalue weighted by Gasteiger charge is -2.01. The first-order chi connectivity index (χ1) is 11.6. The number of carbonyl (C=O) groups is 1. The summed E-state index contributed by atoms with van der Waals surface area (Å²) >= 11 is 0. The van der Waals surface area contributed by atoms with Crippen molar-refractivity contribution in [1.82, 2.24) is 5.43 Å². The molecule has 0 bridgehead atoms. The summed E-state index contributed by atoms with van der Waals surface area (Å²) in [4.78, 5) is 22.0. The van der Waals surface area contributed by atoms with Gasteiger partial charge in [0.05, 0.1) is 11.1 Å². The highest BCUT2D eigenvalue weighted by Gasteiger charge is 2.10. The molecule has 0 aliphatic heterocycles. The molecule has 0 aromatic heterocycles. The molecule has 2 aromatic rings. The Hall–Kier alpha value is -3.73. The quantitative estimate of drug-likeness (QED) is 0.497. The van der Waals surface area contributed by atoms with E-state index in [0.29, 0.717) is 11.3 Å². The van der Waals surface area contributed by atoms with Crippen LogP contribution in [-0.2, 0) is 0 Å². The third-order valence-corrected chi connectivity index (χ3v) is 2.88. The lowest BCUT2D eigenvalue weighted by atomic mass is 10.2. The van der Waals surface area contributed by atoms with Crippen molar-refractivity contribution in [2.24, 2.45) is 5.10 Å². The number of nitrogens with zero attached hydrogens (tertiary/aromatic N) is 3. The van der Waals surface area contributed by atoms with E-state index in [1.807, 2.05) is 6.07 Å². The molecule has 1 amide bonds. The molecule has 0 atom stereocenters. The van der Waals surface area contributed by atoms with Gasteiger partial charge in [-0.3, -0.25) is 14.9 Å². The topological polar surface area (TPSA) is 118 Å². The summed E-state index contributed by atoms with van der Waals surface area (Å²) in [6.07, 6.45) is 1.42. The predicted octanol–water partition coefficient (Wildman–Crippen LogP) is 2.26. The molecule has 0 aliphatic rings. The molecule has 8 heteroatoms. The highest BCUT2D eigenvalue weighted by atomic mass is 16.6. The Labute approximate surface area is 137 Å². The molecule has 0 fully saturated rings. The van der Waals surface area contributed by atoms with Gasteiger partial charge >= 0.3 is 0 Å². The van der Waals surface area contributed by atoms with Gasteiger partial charge in [-0.25, -0.2) is 5.43 Å². The summed E-state index contributed by atoms with van der Waals surface area (Å²) < 4.78 is 5.11. The zero-order chi connectivity index (χ0) is 17.4. The minimum atomic E-state index is -0.573. The van der Waals surface area contributed by atoms with Crippen LogP contribution >= 0.6 is 0 Å². The van der Waals surface area contributed by atoms with Crippen LogP contribution in [0.15, 0.2) is 53.6 Å². The number of ether oxygens (including phenoxy) is 1. The minimum absolute atomic E-state index is 0.0350. The van der Waals surface area contributed by atoms with E-state index in [4.69, 9.17) is 10.00 Å². The number of nitriles is 1. The van der Waals surface area contributed by atoms with Crippen LogP contribution in [0.25, 0.3) is 0 Å². The summed E-state index contributed by atoms with van der Waals surface area (Å²) in [5.74, 6) is -0.00162. The standard InChI is InChI=1S/C16H12N4O4/c17-8-9-24-15-6-4-12(5-7-15)11-18-19-16(21)13-2-1-3-14(10-13)20(22)23/h1-7,10-11H,9H2,(H,19,21)/b18-11-. The van der Waals surface area contributed by atoms with Crippen molar-refractivity contribution in [2.45, 2.75) is 0 Å². The number of nitro groups is 1. The lowest BCUT2D eigenvalue weighted by Crippen LogP contribution is -2.17. The molecule has 24 heavy (non-hydrogen) atoms. The second-order valence-electron chi connectivity index (χ2n) is 4.52. The van der Waals surface area contributed by atoms with E-state index < -0.39 is 10.8 Å². The Morgan fingerprint density at radius 2 is 2.08 bits per heavy atom. The van der Waals surface area contributed by atoms with Crippen LogP contribution < -0.4 is 10.2 Å². The van der Waals surface area contributed by atoms with E-state index in [1.165, 1.54) is 30.5 Å². The highest BCUT2D eigenvalue weighted by Crippen LogP contribution is 2.13. The first kappa shape index (κ1) is 16.6. The molecule has 2 aromatic carbocycles. The van der Waals surface area contributed by atoms with Crippen molar-refractivity contribution >= 4 is 17.8 Å². The summed E-state index contributed by atoms with van der Waals surface area (Å²) in [5, 5.41) is 22.9. The molecule has 120 valence electrons. The smallest absolute Gasteiger partial charge is 0.271 e. The fraction of sp³-hybridized carbons (Fsp3) is 0.0625. The molecule has 0 saturated heterocycles. The molecule has 1 N–H and O–H groups in total. The van der Waals surface area contributed by atoms with E-state index >= 15 is 0 Å². The molecule has 0 aliphatic carbocycles. The minimum Gasteiger partial charge on any atom is -0.479 e. The second kappa shape index (κ2) is 8.05. The number of hydrogen-bond donors (Lipinski definition) is 1. The van der Waals surface area contributed by atoms with Gasteiger partial charge in [0.15, 0.2) is 6.61 Å². The molecule has 0 spiro atoms. The number of hydrazone groups is 1. The zero-order valence-corrected chi connectivity index (χ0v) is 12.4. The van der Waals surface area contributed by atoms with Crippen LogP contribution in [0.5, 0.6) is 5.75 Å². The van der Waals surface area contributed by atoms with Crippen molar-refractivity contribution in [3.63, 3.8) is 0 Å². The maximum absolute atomic E-state index is 11.9. The Morgan fingerprint density at radius 3 is 2.75 bits per heavy atom. The molecular weight excluding hydrogens is 312 g/mol. The van der Waals surface area contributed by atoms with E-state index in [-0.39, 0.29) is 17.9 Å². The molecule has 0 radical (unpaired) electrons. The third kappa shape index (κ3) is 4.64. The van der Waals surface area contributed by atoms with Crippen molar-refractivity contribution < 1.29 is 14.5 Å². The van der Waals surface area contributed by atoms with Gasteiger partial charge in [-0.2, -0.15) is 10.4 Å². The van der Waals surface area contributed by atoms with Crippen molar-refractivity contribution in [2.75, 3.05) is 6.61 Å². The van der Waals surface area contributed by atoms with Crippen molar-refractivity contribution in [1.29, 1.82) is 5.26 Å². The predicted molar refractivity (Wildman–Crippen MR) is 85.7 cm³/mol. The lowest BCUT2D eigenvalue weighted by molar-refractivity contribution is -0.384. The van der Waals surface area contributed by atoms with E-state index in [2.05, 4.69) is 10.5 Å². The number of amides is 1. The van der Waals surface area contributed by atoms with Crippen LogP contribution in [0.2, 0.25) is 0 Å². The molecule has 2 rings (SSSR count). The Morgan fingerprint density at radius 1 is 1.33 bits per heavy atom. The molecule has 0 saturated carbocycles. The van der Waals surface area contributed by atoms with Crippen molar-refractivity contribution in [3.8, 4) is 11.8 Å². The van der Waals surface area contributed by atoms with Crippen LogP contribution in [0.1, 0.15) is 15.9 Å². The first-order valence-corrected chi connectivity index (χ1v) is 6.78. The van der Waals surface area contributed by atoms with Gasteiger partial charge in [-0.1, -0.05) is 6.07 Å². The average Bonchev–Trinajstić information content (AvgIpc) is 2.61. The van der Waals surface area contributed by atoms with Gasteiger partial charge in [0, 0.05) is 17.7 Å². The Balaban J connectivity index is 1.96. The maximum Gasteiger partial charge on any atom is 0.271 e. The first-order valence-electron chi connectivity index (χ1n) is 6.78. The molecular formula is C16H12N4O4. The van der Waals surface area contributed by atoms with Gasteiger partial charge in [-0.15, -0.1) is 0 Å². The third-order valence-electron chi connectivity index (χ3n) is 2.88. The largest absolute Gasteiger partial charge is 0.479 e. The van der Waals surface area contributed by atoms with E-state index in [1.54, 1.807) is 24.3 Å². The average molecular weight is 324 g/mol. The van der Waals surface area contributed by atoms with E-state index in [9.17, 15) is 14.9 Å². The summed E-state index contributed by atoms with van der Waals surface area (Å²) in [6, 6.07) is 14.0. The summed E-state index contributed by atoms with van der Waals surface area (Å²) in [5.41, 5.74) is 2.98. The van der Waals surface area contributed by atoms with Crippen LogP contribution in [-0.4, -0.2) is 23.7 Å². The fourth-order valence-corrected chi connectivity index (χ4v) is 1.76. The number of non-ortho nitro benzene ring substituents is 1. The van der Waals surface area contributed by atoms with Crippen LogP contribution in [0, 0.1) is 21.4 Å². The number of nitro benzene ring substituents is 1. The van der Waals surface area contributed by atoms with Crippen LogP contribution in [0.3, 0.4) is 0 Å². The van der Waals surface area contributed by atoms with Gasteiger partial charge in [0.2, 0.25) is 0 Å². The van der Waals surface area contributed by atoms with Gasteiger partial charge in [0.25, 0.3) is 11.6 Å². The molecule has 0 heterocycles. The zero-order valence-electron chi connectivity index (χ0n) is 12.4. The van der Waals surface area contributed by atoms with Gasteiger partial charge in [-0.05, 0) is 35.9 Å². The molecule has 0 unspecified atom stereocenters. The summed E-state index contributed by atoms with van der Waals surface area (Å²) in [7, 11) is 0. The monoisotopic (exact) mass is 324 g/mol. The number of benzene rings is 2. The maximum atomic E-state index is 11.9. The van der Waals surface area contributed by atoms with Crippen molar-refractivity contribution in [3.05, 3.63) is 69.8 Å². The molecule has 8 nitrogen and oxygen atoms in total. The van der Waals surface area contributed by atoms with Gasteiger partial charge in [0.1, 0.15) is 11.8 Å². The fourth-order valence-electron chi connectivity index (χ4n) is 1.76. The normalized spacial score (nSPS) is 10.1. The summed E-state index contributed by atoms with van der Waals surface area (Å²) in [6.45, 7) is -0.0350. The highest BCUT2D eigenvalue weighted by molar-refractivity contribution is 5.95. The SMILES string of the molecule is N#CCOc1ccc(/C=N\NC(=O)c2cccc([N+](=O)[O-])c2)cc1. The number of rotatable bonds is 6. The second-order valence-corrected chi connectivity index (χ2v) is 4.52.